The summed E-state index contributed by atoms with van der Waals surface area (Å²) in [6.07, 6.45) is 2.92. The number of halogens is 5. The molecule has 0 aliphatic rings. The summed E-state index contributed by atoms with van der Waals surface area (Å²) in [6, 6.07) is 35.6. The molecule has 0 unspecified atom stereocenters. The number of fused-ring (bicyclic) bond motifs is 2. The third-order valence-corrected chi connectivity index (χ3v) is 12.3. The van der Waals surface area contributed by atoms with E-state index in [0.29, 0.717) is 22.7 Å². The molecule has 9 rings (SSSR count). The van der Waals surface area contributed by atoms with E-state index >= 15 is 0 Å². The van der Waals surface area contributed by atoms with Crippen molar-refractivity contribution in [3.63, 3.8) is 0 Å². The summed E-state index contributed by atoms with van der Waals surface area (Å²) >= 11 is 25.1. The fraction of sp³-hybridized carbons (Fsp3) is 0.222. The Bertz CT molecular complexity index is 3140. The Hall–Kier alpha value is -6.66. The molecule has 390 valence electrons. The second kappa shape index (κ2) is 29.3. The standard InChI is InChI=1S/C22H20ClN3O3.C13H10ClN3O.C9H11BrO2.C9H12O3.CH2Cl2/c1-26-19(11-18-21(23)24-13-25-22(18)26)14-4-7-16(8-5-14)29-12-15-6-9-17(27-2)10-20(15)28-3;1-17-11(8-2-4-9(18)5-3-8)6-10-12(14)15-7-16-13(10)17;2*1-11-8-4-3-7(6-10)9(5-8)12-2;2-1-3/h4-11,13H,12H2,1-3H3;2-7,18H,1H3;3-5H,6H2,1-2H3;3-5,10H,6H2,1-2H3;1H2. The summed E-state index contributed by atoms with van der Waals surface area (Å²) in [5.74, 6) is 5.53. The number of aliphatic hydroxyl groups is 1. The van der Waals surface area contributed by atoms with E-state index in [-0.39, 0.29) is 17.7 Å². The van der Waals surface area contributed by atoms with Crippen molar-refractivity contribution in [2.75, 3.05) is 48.0 Å². The third-order valence-electron chi connectivity index (χ3n) is 11.1. The smallest absolute Gasteiger partial charge is 0.145 e. The minimum atomic E-state index is -0.0207. The number of hydrogen-bond acceptors (Lipinski definition) is 13. The highest BCUT2D eigenvalue weighted by Gasteiger charge is 2.14. The van der Waals surface area contributed by atoms with Crippen molar-refractivity contribution >= 4 is 84.4 Å². The Labute approximate surface area is 458 Å². The van der Waals surface area contributed by atoms with Gasteiger partial charge in [-0.3, -0.25) is 0 Å². The summed E-state index contributed by atoms with van der Waals surface area (Å²) < 4.78 is 40.8. The number of nitrogens with zero attached hydrogens (tertiary/aromatic N) is 6. The van der Waals surface area contributed by atoms with Crippen LogP contribution >= 0.6 is 62.3 Å². The van der Waals surface area contributed by atoms with Crippen molar-refractivity contribution in [2.24, 2.45) is 14.1 Å². The number of phenolic OH excluding ortho intramolecular Hbond substituents is 1. The number of alkyl halides is 3. The second-order valence-electron chi connectivity index (χ2n) is 15.3. The van der Waals surface area contributed by atoms with E-state index in [9.17, 15) is 5.11 Å². The van der Waals surface area contributed by atoms with Gasteiger partial charge in [0, 0.05) is 54.3 Å². The Morgan fingerprint density at radius 1 is 0.500 bits per heavy atom. The second-order valence-corrected chi connectivity index (χ2v) is 17.4. The molecule has 74 heavy (non-hydrogen) atoms. The Morgan fingerprint density at radius 2 is 0.878 bits per heavy atom. The highest BCUT2D eigenvalue weighted by molar-refractivity contribution is 9.08. The van der Waals surface area contributed by atoms with Crippen molar-refractivity contribution in [2.45, 2.75) is 18.5 Å². The van der Waals surface area contributed by atoms with E-state index in [0.717, 1.165) is 101 Å². The highest BCUT2D eigenvalue weighted by Crippen LogP contribution is 2.33. The largest absolute Gasteiger partial charge is 0.508 e. The van der Waals surface area contributed by atoms with Gasteiger partial charge in [0.1, 0.15) is 86.9 Å². The molecule has 0 aliphatic heterocycles. The number of aliphatic hydroxyl groups excluding tert-OH is 1. The van der Waals surface area contributed by atoms with Crippen LogP contribution in [0.3, 0.4) is 0 Å². The fourth-order valence-electron chi connectivity index (χ4n) is 7.19. The topological polar surface area (TPSA) is 166 Å². The SMILES string of the molecule is COc1ccc(CBr)c(OC)c1.COc1ccc(CO)c(OC)c1.COc1ccc(COc2ccc(-c3cc4c(Cl)ncnc4n3C)cc2)c(OC)c1.ClCCl.Cn1c(-c2ccc(O)cc2)cc2c(Cl)ncnc21. The summed E-state index contributed by atoms with van der Waals surface area (Å²) in [7, 11) is 13.6. The van der Waals surface area contributed by atoms with E-state index in [2.05, 4.69) is 35.9 Å². The normalized spacial score (nSPS) is 10.3. The van der Waals surface area contributed by atoms with Crippen LogP contribution in [0.5, 0.6) is 46.0 Å². The van der Waals surface area contributed by atoms with Crippen LogP contribution in [0.4, 0.5) is 0 Å². The molecule has 0 fully saturated rings. The average molecular weight is 1150 g/mol. The molecule has 15 nitrogen and oxygen atoms in total. The predicted molar refractivity (Wildman–Crippen MR) is 298 cm³/mol. The van der Waals surface area contributed by atoms with E-state index in [4.69, 9.17) is 84.7 Å². The monoisotopic (exact) mass is 1150 g/mol. The molecule has 0 spiro atoms. The van der Waals surface area contributed by atoms with Crippen LogP contribution in [-0.4, -0.2) is 87.3 Å². The van der Waals surface area contributed by atoms with Crippen LogP contribution in [0.1, 0.15) is 16.7 Å². The highest BCUT2D eigenvalue weighted by atomic mass is 79.9. The summed E-state index contributed by atoms with van der Waals surface area (Å²) in [6.45, 7) is 0.374. The maximum atomic E-state index is 9.31. The molecule has 0 atom stereocenters. The summed E-state index contributed by atoms with van der Waals surface area (Å²) in [5, 5.41) is 21.7. The van der Waals surface area contributed by atoms with Crippen molar-refractivity contribution in [1.29, 1.82) is 0 Å². The zero-order valence-electron chi connectivity index (χ0n) is 41.8. The molecule has 4 aromatic heterocycles. The van der Waals surface area contributed by atoms with Gasteiger partial charge >= 0.3 is 0 Å². The van der Waals surface area contributed by atoms with Gasteiger partial charge in [0.2, 0.25) is 0 Å². The molecule has 0 bridgehead atoms. The van der Waals surface area contributed by atoms with Gasteiger partial charge in [0.05, 0.1) is 76.8 Å². The molecule has 0 aliphatic carbocycles. The zero-order valence-corrected chi connectivity index (χ0v) is 46.4. The zero-order chi connectivity index (χ0) is 53.7. The first-order valence-electron chi connectivity index (χ1n) is 22.2. The van der Waals surface area contributed by atoms with Crippen LogP contribution in [-0.2, 0) is 32.6 Å². The maximum Gasteiger partial charge on any atom is 0.145 e. The molecule has 0 saturated carbocycles. The number of ether oxygens (including phenoxy) is 7. The van der Waals surface area contributed by atoms with Gasteiger partial charge in [-0.2, -0.15) is 0 Å². The minimum Gasteiger partial charge on any atom is -0.508 e. The van der Waals surface area contributed by atoms with E-state index in [1.807, 2.05) is 108 Å². The molecule has 2 N–H and O–H groups in total. The van der Waals surface area contributed by atoms with Crippen LogP contribution in [0, 0.1) is 0 Å². The number of phenols is 1. The number of aryl methyl sites for hydroxylation is 2. The van der Waals surface area contributed by atoms with Gasteiger partial charge in [-0.05, 0) is 102 Å². The van der Waals surface area contributed by atoms with Gasteiger partial charge in [-0.15, -0.1) is 23.2 Å². The van der Waals surface area contributed by atoms with E-state index in [1.165, 1.54) is 12.7 Å². The van der Waals surface area contributed by atoms with Gasteiger partial charge in [-0.25, -0.2) is 19.9 Å². The lowest BCUT2D eigenvalue weighted by Gasteiger charge is -2.12. The first-order chi connectivity index (χ1) is 35.8. The Kier molecular flexibility index (Phi) is 23.0. The first kappa shape index (κ1) is 58.2. The molecule has 20 heteroatoms. The van der Waals surface area contributed by atoms with Crippen LogP contribution in [0.25, 0.3) is 44.6 Å². The van der Waals surface area contributed by atoms with E-state index < -0.39 is 0 Å². The van der Waals surface area contributed by atoms with Gasteiger partial charge < -0.3 is 52.5 Å². The molecule has 5 aromatic carbocycles. The molecule has 0 radical (unpaired) electrons. The number of aromatic hydroxyl groups is 1. The van der Waals surface area contributed by atoms with Gasteiger partial charge in [-0.1, -0.05) is 45.2 Å². The average Bonchev–Trinajstić information content (AvgIpc) is 3.97. The molecule has 4 heterocycles. The molecule has 0 saturated heterocycles. The number of hydrogen-bond donors (Lipinski definition) is 2. The fourth-order valence-corrected chi connectivity index (χ4v) is 8.02. The first-order valence-corrected chi connectivity index (χ1v) is 25.1. The van der Waals surface area contributed by atoms with Gasteiger partial charge in [0.25, 0.3) is 0 Å². The van der Waals surface area contributed by atoms with E-state index in [1.54, 1.807) is 73.0 Å². The molecular weight excluding hydrogens is 1100 g/mol. The van der Waals surface area contributed by atoms with Gasteiger partial charge in [0.15, 0.2) is 0 Å². The number of aromatic nitrogens is 6. The minimum absolute atomic E-state index is 0.0207. The lowest BCUT2D eigenvalue weighted by Crippen LogP contribution is -1.99. The van der Waals surface area contributed by atoms with Crippen molar-refractivity contribution in [3.05, 3.63) is 155 Å². The van der Waals surface area contributed by atoms with Crippen LogP contribution in [0.2, 0.25) is 10.3 Å². The molecule has 9 aromatic rings. The Balaban J connectivity index is 0.000000193. The number of methoxy groups -OCH3 is 6. The van der Waals surface area contributed by atoms with Crippen molar-refractivity contribution in [3.8, 4) is 68.5 Å². The molecule has 0 amide bonds. The predicted octanol–water partition coefficient (Wildman–Crippen LogP) is 13.1. The lowest BCUT2D eigenvalue weighted by atomic mass is 10.1. The van der Waals surface area contributed by atoms with Crippen LogP contribution < -0.4 is 33.2 Å². The number of rotatable bonds is 13. The summed E-state index contributed by atoms with van der Waals surface area (Å²) in [5.41, 5.74) is 8.43. The molecular formula is C54H55BrCl4N6O9. The van der Waals surface area contributed by atoms with Crippen molar-refractivity contribution in [1.82, 2.24) is 29.1 Å². The van der Waals surface area contributed by atoms with Crippen molar-refractivity contribution < 1.29 is 43.4 Å². The lowest BCUT2D eigenvalue weighted by molar-refractivity contribution is 0.273. The summed E-state index contributed by atoms with van der Waals surface area (Å²) in [4.78, 5) is 16.6. The quantitative estimate of drug-likeness (QED) is 0.0828. The maximum absolute atomic E-state index is 9.31. The third kappa shape index (κ3) is 15.2. The number of benzene rings is 5. The Morgan fingerprint density at radius 3 is 1.27 bits per heavy atom. The van der Waals surface area contributed by atoms with Crippen LogP contribution in [0.15, 0.2) is 128 Å².